The molecule has 2 rings (SSSR count). The minimum Gasteiger partial charge on any atom is -0.321 e. The van der Waals surface area contributed by atoms with Crippen LogP contribution in [-0.4, -0.2) is 21.1 Å². The van der Waals surface area contributed by atoms with E-state index in [1.807, 2.05) is 6.92 Å². The topological polar surface area (TPSA) is 67.8 Å². The Kier molecular flexibility index (Phi) is 3.30. The van der Waals surface area contributed by atoms with Crippen molar-refractivity contribution in [1.82, 2.24) is 15.2 Å². The first-order chi connectivity index (χ1) is 8.16. The van der Waals surface area contributed by atoms with Crippen LogP contribution < -0.4 is 5.32 Å². The van der Waals surface area contributed by atoms with Crippen molar-refractivity contribution in [3.63, 3.8) is 0 Å². The molecule has 0 aliphatic carbocycles. The van der Waals surface area contributed by atoms with Crippen molar-refractivity contribution in [1.29, 1.82) is 0 Å². The zero-order valence-corrected chi connectivity index (χ0v) is 9.77. The van der Waals surface area contributed by atoms with Crippen LogP contribution in [0.3, 0.4) is 0 Å². The lowest BCUT2D eigenvalue weighted by molar-refractivity contribution is 0.102. The summed E-state index contributed by atoms with van der Waals surface area (Å²) in [5, 5.41) is 10.4. The quantitative estimate of drug-likeness (QED) is 0.827. The summed E-state index contributed by atoms with van der Waals surface area (Å²) < 4.78 is 0. The van der Waals surface area contributed by atoms with E-state index in [0.29, 0.717) is 16.4 Å². The van der Waals surface area contributed by atoms with Gasteiger partial charge in [0.25, 0.3) is 5.91 Å². The first kappa shape index (κ1) is 11.5. The van der Waals surface area contributed by atoms with Gasteiger partial charge in [-0.3, -0.25) is 4.79 Å². The van der Waals surface area contributed by atoms with Crippen LogP contribution in [-0.2, 0) is 0 Å². The Morgan fingerprint density at radius 3 is 2.82 bits per heavy atom. The number of aryl methyl sites for hydroxylation is 1. The lowest BCUT2D eigenvalue weighted by atomic mass is 10.2. The minimum atomic E-state index is -0.261. The van der Waals surface area contributed by atoms with E-state index in [2.05, 4.69) is 20.5 Å². The van der Waals surface area contributed by atoms with Crippen molar-refractivity contribution in [2.24, 2.45) is 0 Å². The van der Waals surface area contributed by atoms with Crippen molar-refractivity contribution in [2.75, 3.05) is 5.32 Å². The van der Waals surface area contributed by atoms with Gasteiger partial charge in [0.1, 0.15) is 5.15 Å². The molecule has 0 saturated carbocycles. The average molecular weight is 249 g/mol. The third kappa shape index (κ3) is 2.76. The Morgan fingerprint density at radius 2 is 2.18 bits per heavy atom. The van der Waals surface area contributed by atoms with Gasteiger partial charge < -0.3 is 5.32 Å². The Labute approximate surface area is 103 Å². The van der Waals surface area contributed by atoms with Crippen LogP contribution in [0.5, 0.6) is 0 Å². The molecule has 5 nitrogen and oxygen atoms in total. The molecule has 0 radical (unpaired) electrons. The largest absolute Gasteiger partial charge is 0.321 e. The highest BCUT2D eigenvalue weighted by atomic mass is 35.5. The van der Waals surface area contributed by atoms with Gasteiger partial charge in [0.15, 0.2) is 0 Å². The first-order valence-corrected chi connectivity index (χ1v) is 5.25. The van der Waals surface area contributed by atoms with Crippen molar-refractivity contribution < 1.29 is 4.79 Å². The molecule has 0 fully saturated rings. The van der Waals surface area contributed by atoms with Crippen molar-refractivity contribution in [3.8, 4) is 0 Å². The lowest BCUT2D eigenvalue weighted by Crippen LogP contribution is -2.12. The van der Waals surface area contributed by atoms with E-state index >= 15 is 0 Å². The highest BCUT2D eigenvalue weighted by Crippen LogP contribution is 2.16. The van der Waals surface area contributed by atoms with Gasteiger partial charge in [-0.2, -0.15) is 10.2 Å². The summed E-state index contributed by atoms with van der Waals surface area (Å²) in [5.74, 6) is -0.261. The predicted molar refractivity (Wildman–Crippen MR) is 64.0 cm³/mol. The van der Waals surface area contributed by atoms with E-state index in [4.69, 9.17) is 11.6 Å². The van der Waals surface area contributed by atoms with Crippen molar-refractivity contribution in [2.45, 2.75) is 6.92 Å². The Balaban J connectivity index is 2.16. The van der Waals surface area contributed by atoms with Gasteiger partial charge in [0.2, 0.25) is 0 Å². The van der Waals surface area contributed by atoms with Gasteiger partial charge >= 0.3 is 0 Å². The van der Waals surface area contributed by atoms with E-state index in [9.17, 15) is 4.79 Å². The Bertz CT molecular complexity index is 544. The SMILES string of the molecule is Cc1cc(NC(=O)c2ccnnc2)cnc1Cl. The normalized spacial score (nSPS) is 10.0. The summed E-state index contributed by atoms with van der Waals surface area (Å²) >= 11 is 5.79. The number of nitrogens with zero attached hydrogens (tertiary/aromatic N) is 3. The molecule has 0 unspecified atom stereocenters. The van der Waals surface area contributed by atoms with Crippen molar-refractivity contribution in [3.05, 3.63) is 47.0 Å². The van der Waals surface area contributed by atoms with E-state index in [1.54, 1.807) is 12.1 Å². The molecule has 0 bridgehead atoms. The molecule has 2 aromatic heterocycles. The number of halogens is 1. The number of carbonyl (C=O) groups is 1. The van der Waals surface area contributed by atoms with Gasteiger partial charge in [0.05, 0.1) is 29.8 Å². The van der Waals surface area contributed by atoms with E-state index in [-0.39, 0.29) is 5.91 Å². The molecule has 0 aliphatic heterocycles. The molecule has 2 heterocycles. The molecule has 0 aliphatic rings. The number of pyridine rings is 1. The lowest BCUT2D eigenvalue weighted by Gasteiger charge is -2.05. The average Bonchev–Trinajstić information content (AvgIpc) is 2.35. The van der Waals surface area contributed by atoms with Crippen LogP contribution in [0.1, 0.15) is 15.9 Å². The van der Waals surface area contributed by atoms with E-state index in [1.165, 1.54) is 18.6 Å². The van der Waals surface area contributed by atoms with Crippen LogP contribution in [0.25, 0.3) is 0 Å². The number of hydrogen-bond acceptors (Lipinski definition) is 4. The number of anilines is 1. The van der Waals surface area contributed by atoms with Gasteiger partial charge in [0, 0.05) is 0 Å². The zero-order valence-electron chi connectivity index (χ0n) is 9.01. The van der Waals surface area contributed by atoms with Gasteiger partial charge in [-0.1, -0.05) is 11.6 Å². The molecule has 2 aromatic rings. The second-order valence-electron chi connectivity index (χ2n) is 3.42. The monoisotopic (exact) mass is 248 g/mol. The molecule has 0 atom stereocenters. The van der Waals surface area contributed by atoms with Gasteiger partial charge in [-0.15, -0.1) is 0 Å². The number of aromatic nitrogens is 3. The Hall–Kier alpha value is -2.01. The minimum absolute atomic E-state index is 0.261. The predicted octanol–water partition coefficient (Wildman–Crippen LogP) is 2.09. The molecule has 86 valence electrons. The van der Waals surface area contributed by atoms with E-state index < -0.39 is 0 Å². The molecule has 17 heavy (non-hydrogen) atoms. The summed E-state index contributed by atoms with van der Waals surface area (Å²) in [6.45, 7) is 1.82. The van der Waals surface area contributed by atoms with Crippen LogP contribution in [0.2, 0.25) is 5.15 Å². The maximum absolute atomic E-state index is 11.8. The summed E-state index contributed by atoms with van der Waals surface area (Å²) in [4.78, 5) is 15.7. The van der Waals surface area contributed by atoms with Crippen LogP contribution in [0.4, 0.5) is 5.69 Å². The third-order valence-electron chi connectivity index (χ3n) is 2.12. The van der Waals surface area contributed by atoms with Crippen LogP contribution >= 0.6 is 11.6 Å². The molecule has 0 spiro atoms. The molecule has 0 saturated heterocycles. The molecule has 6 heteroatoms. The highest BCUT2D eigenvalue weighted by Gasteiger charge is 2.07. The second kappa shape index (κ2) is 4.88. The summed E-state index contributed by atoms with van der Waals surface area (Å²) in [6, 6.07) is 3.33. The second-order valence-corrected chi connectivity index (χ2v) is 3.77. The fourth-order valence-corrected chi connectivity index (χ4v) is 1.36. The number of hydrogen-bond donors (Lipinski definition) is 1. The number of rotatable bonds is 2. The molecular formula is C11H9ClN4O. The Morgan fingerprint density at radius 1 is 1.35 bits per heavy atom. The third-order valence-corrected chi connectivity index (χ3v) is 2.51. The summed E-state index contributed by atoms with van der Waals surface area (Å²) in [7, 11) is 0. The first-order valence-electron chi connectivity index (χ1n) is 4.87. The zero-order chi connectivity index (χ0) is 12.3. The number of amides is 1. The number of nitrogens with one attached hydrogen (secondary N) is 1. The molecule has 1 amide bonds. The van der Waals surface area contributed by atoms with Gasteiger partial charge in [-0.05, 0) is 24.6 Å². The number of carbonyl (C=O) groups excluding carboxylic acids is 1. The molecular weight excluding hydrogens is 240 g/mol. The maximum Gasteiger partial charge on any atom is 0.257 e. The molecule has 1 N–H and O–H groups in total. The van der Waals surface area contributed by atoms with Gasteiger partial charge in [-0.25, -0.2) is 4.98 Å². The highest BCUT2D eigenvalue weighted by molar-refractivity contribution is 6.30. The van der Waals surface area contributed by atoms with E-state index in [0.717, 1.165) is 5.56 Å². The molecule has 0 aromatic carbocycles. The van der Waals surface area contributed by atoms with Crippen LogP contribution in [0, 0.1) is 6.92 Å². The fraction of sp³-hybridized carbons (Fsp3) is 0.0909. The van der Waals surface area contributed by atoms with Crippen LogP contribution in [0.15, 0.2) is 30.7 Å². The fourth-order valence-electron chi connectivity index (χ4n) is 1.25. The summed E-state index contributed by atoms with van der Waals surface area (Å²) in [5.41, 5.74) is 1.83. The maximum atomic E-state index is 11.8. The summed E-state index contributed by atoms with van der Waals surface area (Å²) in [6.07, 6.45) is 4.35. The smallest absolute Gasteiger partial charge is 0.257 e. The van der Waals surface area contributed by atoms with Crippen molar-refractivity contribution >= 4 is 23.2 Å². The standard InChI is InChI=1S/C11H9ClN4O/c1-7-4-9(6-13-10(7)12)16-11(17)8-2-3-14-15-5-8/h2-6H,1H3,(H,16,17).